The molecule has 7 heteroatoms. The molecular formula is C15H23N5O2. The molecular weight excluding hydrogens is 282 g/mol. The van der Waals surface area contributed by atoms with Crippen LogP contribution in [-0.2, 0) is 16.0 Å². The van der Waals surface area contributed by atoms with E-state index >= 15 is 0 Å². The first-order chi connectivity index (χ1) is 10.7. The van der Waals surface area contributed by atoms with Crippen molar-refractivity contribution in [3.63, 3.8) is 0 Å². The van der Waals surface area contributed by atoms with Crippen LogP contribution in [0.4, 0.5) is 0 Å². The third-order valence-corrected chi connectivity index (χ3v) is 3.81. The molecule has 1 aliphatic rings. The summed E-state index contributed by atoms with van der Waals surface area (Å²) < 4.78 is 0. The highest BCUT2D eigenvalue weighted by Gasteiger charge is 2.23. The van der Waals surface area contributed by atoms with Crippen molar-refractivity contribution in [3.05, 3.63) is 24.3 Å². The van der Waals surface area contributed by atoms with E-state index in [1.807, 2.05) is 0 Å². The maximum absolute atomic E-state index is 12.0. The van der Waals surface area contributed by atoms with E-state index in [4.69, 9.17) is 5.73 Å². The molecule has 1 saturated carbocycles. The van der Waals surface area contributed by atoms with E-state index in [1.54, 1.807) is 12.4 Å². The molecule has 22 heavy (non-hydrogen) atoms. The van der Waals surface area contributed by atoms with Crippen molar-refractivity contribution < 1.29 is 9.59 Å². The fourth-order valence-electron chi connectivity index (χ4n) is 2.70. The molecule has 0 saturated heterocycles. The van der Waals surface area contributed by atoms with Crippen molar-refractivity contribution in [2.24, 2.45) is 5.73 Å². The number of nitrogens with one attached hydrogen (secondary N) is 2. The lowest BCUT2D eigenvalue weighted by atomic mass is 9.91. The Balaban J connectivity index is 1.68. The van der Waals surface area contributed by atoms with Gasteiger partial charge in [-0.25, -0.2) is 9.97 Å². The Hall–Kier alpha value is -2.02. The number of nitrogens with two attached hydrogens (primary N) is 1. The maximum atomic E-state index is 12.0. The van der Waals surface area contributed by atoms with Crippen molar-refractivity contribution in [1.82, 2.24) is 20.6 Å². The molecule has 0 aliphatic heterocycles. The van der Waals surface area contributed by atoms with Crippen LogP contribution in [0, 0.1) is 0 Å². The van der Waals surface area contributed by atoms with Gasteiger partial charge in [0.1, 0.15) is 6.33 Å². The van der Waals surface area contributed by atoms with Crippen molar-refractivity contribution in [3.8, 4) is 0 Å². The summed E-state index contributed by atoms with van der Waals surface area (Å²) >= 11 is 0. The number of hydrogen-bond acceptors (Lipinski definition) is 5. The summed E-state index contributed by atoms with van der Waals surface area (Å²) in [6.45, 7) is 0.375. The third kappa shape index (κ3) is 5.40. The van der Waals surface area contributed by atoms with Crippen LogP contribution in [0.1, 0.15) is 37.7 Å². The monoisotopic (exact) mass is 305 g/mol. The van der Waals surface area contributed by atoms with E-state index in [0.717, 1.165) is 31.2 Å². The largest absolute Gasteiger partial charge is 0.353 e. The predicted molar refractivity (Wildman–Crippen MR) is 81.7 cm³/mol. The average molecular weight is 305 g/mol. The Morgan fingerprint density at radius 1 is 1.05 bits per heavy atom. The minimum Gasteiger partial charge on any atom is -0.353 e. The highest BCUT2D eigenvalue weighted by molar-refractivity contribution is 5.78. The van der Waals surface area contributed by atoms with Crippen LogP contribution in [0.25, 0.3) is 0 Å². The van der Waals surface area contributed by atoms with Gasteiger partial charge in [0.15, 0.2) is 0 Å². The molecule has 1 aromatic heterocycles. The van der Waals surface area contributed by atoms with Gasteiger partial charge < -0.3 is 16.4 Å². The van der Waals surface area contributed by atoms with Gasteiger partial charge in [-0.15, -0.1) is 0 Å². The first kappa shape index (κ1) is 16.4. The number of carbonyl (C=O) groups excluding carboxylic acids is 2. The Kier molecular flexibility index (Phi) is 6.27. The normalized spacial score (nSPS) is 21.1. The maximum Gasteiger partial charge on any atom is 0.224 e. The van der Waals surface area contributed by atoms with Gasteiger partial charge in [0.2, 0.25) is 11.8 Å². The van der Waals surface area contributed by atoms with Crippen molar-refractivity contribution in [2.45, 2.75) is 50.6 Å². The second kappa shape index (κ2) is 8.43. The minimum atomic E-state index is -0.00887. The Labute approximate surface area is 130 Å². The number of aromatic nitrogens is 2. The molecule has 0 unspecified atom stereocenters. The smallest absolute Gasteiger partial charge is 0.224 e. The Morgan fingerprint density at radius 2 is 1.59 bits per heavy atom. The summed E-state index contributed by atoms with van der Waals surface area (Å²) in [7, 11) is 0. The second-order valence-corrected chi connectivity index (χ2v) is 5.65. The first-order valence-corrected chi connectivity index (χ1v) is 7.70. The summed E-state index contributed by atoms with van der Waals surface area (Å²) in [6.07, 6.45) is 8.94. The Morgan fingerprint density at radius 3 is 2.14 bits per heavy atom. The zero-order valence-corrected chi connectivity index (χ0v) is 12.6. The van der Waals surface area contributed by atoms with Crippen molar-refractivity contribution >= 4 is 11.8 Å². The lowest BCUT2D eigenvalue weighted by Crippen LogP contribution is -2.44. The van der Waals surface area contributed by atoms with Gasteiger partial charge in [0, 0.05) is 37.4 Å². The van der Waals surface area contributed by atoms with Crippen molar-refractivity contribution in [1.29, 1.82) is 0 Å². The number of hydrogen-bond donors (Lipinski definition) is 3. The molecule has 120 valence electrons. The quantitative estimate of drug-likeness (QED) is 0.680. The Bertz CT molecular complexity index is 486. The summed E-state index contributed by atoms with van der Waals surface area (Å²) in [4.78, 5) is 31.3. The van der Waals surface area contributed by atoms with Gasteiger partial charge in [0.25, 0.3) is 0 Å². The zero-order valence-electron chi connectivity index (χ0n) is 12.6. The van der Waals surface area contributed by atoms with Crippen LogP contribution in [0.2, 0.25) is 0 Å². The van der Waals surface area contributed by atoms with E-state index in [1.165, 1.54) is 6.33 Å². The average Bonchev–Trinajstić information content (AvgIpc) is 2.50. The first-order valence-electron chi connectivity index (χ1n) is 7.70. The lowest BCUT2D eigenvalue weighted by molar-refractivity contribution is -0.123. The van der Waals surface area contributed by atoms with Crippen LogP contribution < -0.4 is 16.4 Å². The molecule has 0 radical (unpaired) electrons. The van der Waals surface area contributed by atoms with Gasteiger partial charge in [-0.1, -0.05) is 0 Å². The molecule has 1 heterocycles. The number of amides is 2. The third-order valence-electron chi connectivity index (χ3n) is 3.81. The van der Waals surface area contributed by atoms with Crippen LogP contribution in [0.5, 0.6) is 0 Å². The summed E-state index contributed by atoms with van der Waals surface area (Å²) in [6, 6.07) is 0.384. The summed E-state index contributed by atoms with van der Waals surface area (Å²) in [5.74, 6) is 0.00415. The SMILES string of the molecule is NCCC(=O)N[C@H]1CC[C@H](NC(=O)Cc2cncnc2)CC1. The van der Waals surface area contributed by atoms with Crippen LogP contribution in [0.3, 0.4) is 0 Å². The molecule has 1 fully saturated rings. The highest BCUT2D eigenvalue weighted by Crippen LogP contribution is 2.18. The second-order valence-electron chi connectivity index (χ2n) is 5.65. The van der Waals surface area contributed by atoms with Crippen molar-refractivity contribution in [2.75, 3.05) is 6.54 Å². The van der Waals surface area contributed by atoms with Gasteiger partial charge in [-0.2, -0.15) is 0 Å². The molecule has 2 amide bonds. The van der Waals surface area contributed by atoms with Crippen LogP contribution >= 0.6 is 0 Å². The lowest BCUT2D eigenvalue weighted by Gasteiger charge is -2.29. The number of rotatable bonds is 6. The van der Waals surface area contributed by atoms with E-state index in [-0.39, 0.29) is 23.9 Å². The molecule has 1 aromatic rings. The van der Waals surface area contributed by atoms with E-state index in [0.29, 0.717) is 19.4 Å². The molecule has 1 aliphatic carbocycles. The standard InChI is InChI=1S/C15H23N5O2/c16-6-5-14(21)19-12-1-3-13(4-2-12)20-15(22)7-11-8-17-10-18-9-11/h8-10,12-13H,1-7,16H2,(H,19,21)(H,20,22)/t12-,13-. The molecule has 7 nitrogen and oxygen atoms in total. The zero-order chi connectivity index (χ0) is 15.8. The molecule has 0 spiro atoms. The molecule has 2 rings (SSSR count). The van der Waals surface area contributed by atoms with Crippen LogP contribution in [-0.4, -0.2) is 40.4 Å². The van der Waals surface area contributed by atoms with E-state index in [9.17, 15) is 9.59 Å². The number of nitrogens with zero attached hydrogens (tertiary/aromatic N) is 2. The fourth-order valence-corrected chi connectivity index (χ4v) is 2.70. The van der Waals surface area contributed by atoms with E-state index < -0.39 is 0 Å². The topological polar surface area (TPSA) is 110 Å². The van der Waals surface area contributed by atoms with Gasteiger partial charge in [-0.3, -0.25) is 9.59 Å². The van der Waals surface area contributed by atoms with Gasteiger partial charge in [0.05, 0.1) is 6.42 Å². The van der Waals surface area contributed by atoms with Gasteiger partial charge >= 0.3 is 0 Å². The van der Waals surface area contributed by atoms with Gasteiger partial charge in [-0.05, 0) is 31.2 Å². The summed E-state index contributed by atoms with van der Waals surface area (Å²) in [5, 5.41) is 6.02. The van der Waals surface area contributed by atoms with Crippen LogP contribution in [0.15, 0.2) is 18.7 Å². The fraction of sp³-hybridized carbons (Fsp3) is 0.600. The van der Waals surface area contributed by atoms with E-state index in [2.05, 4.69) is 20.6 Å². The molecule has 0 bridgehead atoms. The predicted octanol–water partition coefficient (Wildman–Crippen LogP) is -0.0885. The highest BCUT2D eigenvalue weighted by atomic mass is 16.2. The molecule has 4 N–H and O–H groups in total. The molecule has 0 aromatic carbocycles. The minimum absolute atomic E-state index is 0.00887. The number of carbonyl (C=O) groups is 2. The molecule has 0 atom stereocenters. The summed E-state index contributed by atoms with van der Waals surface area (Å²) in [5.41, 5.74) is 6.17.